The van der Waals surface area contributed by atoms with Gasteiger partial charge in [0.15, 0.2) is 0 Å². The first kappa shape index (κ1) is 16.0. The van der Waals surface area contributed by atoms with Gasteiger partial charge >= 0.3 is 0 Å². The van der Waals surface area contributed by atoms with Crippen LogP contribution in [0, 0.1) is 6.92 Å². The number of aryl methyl sites for hydroxylation is 1. The molecule has 0 fully saturated rings. The van der Waals surface area contributed by atoms with Gasteiger partial charge in [-0.2, -0.15) is 0 Å². The summed E-state index contributed by atoms with van der Waals surface area (Å²) >= 11 is 0. The summed E-state index contributed by atoms with van der Waals surface area (Å²) in [6, 6.07) is 15.6. The molecule has 0 aliphatic carbocycles. The van der Waals surface area contributed by atoms with Gasteiger partial charge in [0.25, 0.3) is 0 Å². The molecule has 0 aliphatic heterocycles. The fourth-order valence-corrected chi connectivity index (χ4v) is 2.03. The molecule has 1 amide bonds. The molecule has 2 N–H and O–H groups in total. The van der Waals surface area contributed by atoms with Gasteiger partial charge in [-0.3, -0.25) is 4.79 Å². The number of ether oxygens (including phenoxy) is 1. The highest BCUT2D eigenvalue weighted by Crippen LogP contribution is 2.15. The van der Waals surface area contributed by atoms with Crippen molar-refractivity contribution in [1.29, 1.82) is 0 Å². The second kappa shape index (κ2) is 8.20. The van der Waals surface area contributed by atoms with Gasteiger partial charge in [-0.15, -0.1) is 0 Å². The zero-order valence-electron chi connectivity index (χ0n) is 13.1. The second-order valence-electron chi connectivity index (χ2n) is 5.09. The molecule has 2 rings (SSSR count). The largest absolute Gasteiger partial charge is 0.494 e. The number of carbonyl (C=O) groups excluding carboxylic acids is 1. The number of nitrogens with one attached hydrogen (secondary N) is 2. The van der Waals surface area contributed by atoms with Crippen LogP contribution in [0.15, 0.2) is 48.5 Å². The molecule has 0 saturated carbocycles. The Bertz CT molecular complexity index is 591. The number of hydrogen-bond acceptors (Lipinski definition) is 3. The summed E-state index contributed by atoms with van der Waals surface area (Å²) < 4.78 is 5.36. The lowest BCUT2D eigenvalue weighted by Gasteiger charge is -2.08. The molecule has 4 heteroatoms. The Morgan fingerprint density at radius 3 is 2.36 bits per heavy atom. The monoisotopic (exact) mass is 298 g/mol. The first-order chi connectivity index (χ1) is 10.7. The van der Waals surface area contributed by atoms with Crippen LogP contribution < -0.4 is 15.4 Å². The van der Waals surface area contributed by atoms with Crippen molar-refractivity contribution in [2.45, 2.75) is 20.4 Å². The lowest BCUT2D eigenvalue weighted by Crippen LogP contribution is -2.27. The molecule has 0 saturated heterocycles. The SMILES string of the molecule is CCOc1ccc(NC(=O)CNCc2ccc(C)cc2)cc1. The van der Waals surface area contributed by atoms with Gasteiger partial charge in [0.1, 0.15) is 5.75 Å². The Balaban J connectivity index is 1.74. The van der Waals surface area contributed by atoms with E-state index in [1.165, 1.54) is 11.1 Å². The van der Waals surface area contributed by atoms with Crippen molar-refractivity contribution in [3.63, 3.8) is 0 Å². The number of rotatable bonds is 7. The normalized spacial score (nSPS) is 10.3. The Morgan fingerprint density at radius 2 is 1.73 bits per heavy atom. The Hall–Kier alpha value is -2.33. The van der Waals surface area contributed by atoms with Crippen molar-refractivity contribution in [1.82, 2.24) is 5.32 Å². The Kier molecular flexibility index (Phi) is 5.98. The third-order valence-corrected chi connectivity index (χ3v) is 3.18. The summed E-state index contributed by atoms with van der Waals surface area (Å²) in [7, 11) is 0. The second-order valence-corrected chi connectivity index (χ2v) is 5.09. The van der Waals surface area contributed by atoms with E-state index in [0.29, 0.717) is 13.2 Å². The Labute approximate surface area is 131 Å². The molecule has 0 atom stereocenters. The van der Waals surface area contributed by atoms with E-state index < -0.39 is 0 Å². The summed E-state index contributed by atoms with van der Waals surface area (Å²) in [5.41, 5.74) is 3.17. The van der Waals surface area contributed by atoms with Crippen LogP contribution in [0.3, 0.4) is 0 Å². The van der Waals surface area contributed by atoms with Gasteiger partial charge in [-0.1, -0.05) is 29.8 Å². The van der Waals surface area contributed by atoms with E-state index in [0.717, 1.165) is 11.4 Å². The molecule has 0 radical (unpaired) electrons. The molecule has 0 spiro atoms. The predicted molar refractivity (Wildman–Crippen MR) is 89.1 cm³/mol. The van der Waals surface area contributed by atoms with Crippen LogP contribution in [0.2, 0.25) is 0 Å². The van der Waals surface area contributed by atoms with Crippen LogP contribution in [0.1, 0.15) is 18.1 Å². The van der Waals surface area contributed by atoms with E-state index >= 15 is 0 Å². The molecule has 116 valence electrons. The smallest absolute Gasteiger partial charge is 0.238 e. The first-order valence-electron chi connectivity index (χ1n) is 7.46. The van der Waals surface area contributed by atoms with Crippen LogP contribution in [0.5, 0.6) is 5.75 Å². The van der Waals surface area contributed by atoms with E-state index in [9.17, 15) is 4.79 Å². The number of anilines is 1. The van der Waals surface area contributed by atoms with Crippen LogP contribution in [0.25, 0.3) is 0 Å². The standard InChI is InChI=1S/C18H22N2O2/c1-3-22-17-10-8-16(9-11-17)20-18(21)13-19-12-15-6-4-14(2)5-7-15/h4-11,19H,3,12-13H2,1-2H3,(H,20,21). The molecule has 0 heterocycles. The van der Waals surface area contributed by atoms with E-state index in [-0.39, 0.29) is 12.5 Å². The third-order valence-electron chi connectivity index (χ3n) is 3.18. The number of carbonyl (C=O) groups is 1. The van der Waals surface area contributed by atoms with Crippen molar-refractivity contribution < 1.29 is 9.53 Å². The van der Waals surface area contributed by atoms with E-state index in [4.69, 9.17) is 4.74 Å². The highest BCUT2D eigenvalue weighted by molar-refractivity contribution is 5.92. The molecular weight excluding hydrogens is 276 g/mol. The molecule has 0 aromatic heterocycles. The van der Waals surface area contributed by atoms with Gasteiger partial charge in [0.2, 0.25) is 5.91 Å². The molecule has 0 unspecified atom stereocenters. The van der Waals surface area contributed by atoms with E-state index in [2.05, 4.69) is 41.8 Å². The fraction of sp³-hybridized carbons (Fsp3) is 0.278. The van der Waals surface area contributed by atoms with E-state index in [1.807, 2.05) is 31.2 Å². The van der Waals surface area contributed by atoms with Crippen molar-refractivity contribution in [3.8, 4) is 5.75 Å². The summed E-state index contributed by atoms with van der Waals surface area (Å²) in [5.74, 6) is 0.745. The Morgan fingerprint density at radius 1 is 1.05 bits per heavy atom. The van der Waals surface area contributed by atoms with Gasteiger partial charge < -0.3 is 15.4 Å². The minimum Gasteiger partial charge on any atom is -0.494 e. The van der Waals surface area contributed by atoms with Crippen molar-refractivity contribution in [2.24, 2.45) is 0 Å². The highest BCUT2D eigenvalue weighted by atomic mass is 16.5. The maximum Gasteiger partial charge on any atom is 0.238 e. The summed E-state index contributed by atoms with van der Waals surface area (Å²) in [6.45, 7) is 5.59. The zero-order valence-corrected chi connectivity index (χ0v) is 13.1. The molecule has 0 bridgehead atoms. The maximum absolute atomic E-state index is 11.9. The molecule has 22 heavy (non-hydrogen) atoms. The molecule has 2 aromatic rings. The summed E-state index contributed by atoms with van der Waals surface area (Å²) in [6.07, 6.45) is 0. The minimum absolute atomic E-state index is 0.0590. The third kappa shape index (κ3) is 5.22. The van der Waals surface area contributed by atoms with Gasteiger partial charge in [-0.05, 0) is 43.7 Å². The summed E-state index contributed by atoms with van der Waals surface area (Å²) in [5, 5.41) is 5.99. The quantitative estimate of drug-likeness (QED) is 0.825. The van der Waals surface area contributed by atoms with Crippen LogP contribution in [-0.2, 0) is 11.3 Å². The average molecular weight is 298 g/mol. The number of benzene rings is 2. The molecule has 0 aliphatic rings. The maximum atomic E-state index is 11.9. The van der Waals surface area contributed by atoms with E-state index in [1.54, 1.807) is 0 Å². The fourth-order valence-electron chi connectivity index (χ4n) is 2.03. The predicted octanol–water partition coefficient (Wildman–Crippen LogP) is 3.12. The zero-order chi connectivity index (χ0) is 15.8. The molecule has 4 nitrogen and oxygen atoms in total. The molecular formula is C18H22N2O2. The van der Waals surface area contributed by atoms with Gasteiger partial charge in [-0.25, -0.2) is 0 Å². The van der Waals surface area contributed by atoms with Crippen LogP contribution >= 0.6 is 0 Å². The van der Waals surface area contributed by atoms with Crippen LogP contribution in [0.4, 0.5) is 5.69 Å². The van der Waals surface area contributed by atoms with Crippen molar-refractivity contribution in [3.05, 3.63) is 59.7 Å². The van der Waals surface area contributed by atoms with Gasteiger partial charge in [0, 0.05) is 12.2 Å². The van der Waals surface area contributed by atoms with Crippen LogP contribution in [-0.4, -0.2) is 19.1 Å². The lowest BCUT2D eigenvalue weighted by molar-refractivity contribution is -0.115. The first-order valence-corrected chi connectivity index (χ1v) is 7.46. The number of amides is 1. The van der Waals surface area contributed by atoms with Crippen molar-refractivity contribution >= 4 is 11.6 Å². The topological polar surface area (TPSA) is 50.4 Å². The minimum atomic E-state index is -0.0590. The van der Waals surface area contributed by atoms with Gasteiger partial charge in [0.05, 0.1) is 13.2 Å². The number of hydrogen-bond donors (Lipinski definition) is 2. The molecule has 2 aromatic carbocycles. The summed E-state index contributed by atoms with van der Waals surface area (Å²) in [4.78, 5) is 11.9. The average Bonchev–Trinajstić information content (AvgIpc) is 2.51. The highest BCUT2D eigenvalue weighted by Gasteiger charge is 2.02. The lowest BCUT2D eigenvalue weighted by atomic mass is 10.1. The van der Waals surface area contributed by atoms with Crippen molar-refractivity contribution in [2.75, 3.05) is 18.5 Å².